The number of aromatic nitrogens is 1. The van der Waals surface area contributed by atoms with Gasteiger partial charge in [0, 0.05) is 5.56 Å². The fraction of sp³-hybridized carbons (Fsp3) is 0.235. The minimum atomic E-state index is -0.297. The molecule has 0 bridgehead atoms. The Balaban J connectivity index is 1.86. The summed E-state index contributed by atoms with van der Waals surface area (Å²) < 4.78 is 5.56. The number of carbonyl (C=O) groups is 1. The molecule has 0 fully saturated rings. The van der Waals surface area contributed by atoms with Gasteiger partial charge in [-0.25, -0.2) is 4.98 Å². The fourth-order valence-corrected chi connectivity index (χ4v) is 2.15. The molecule has 2 N–H and O–H groups in total. The van der Waals surface area contributed by atoms with E-state index in [1.807, 2.05) is 0 Å². The number of carbonyl (C=O) groups excluding carboxylic acids is 1. The molecule has 5 nitrogen and oxygen atoms in total. The van der Waals surface area contributed by atoms with Crippen LogP contribution in [0.2, 0.25) is 5.15 Å². The van der Waals surface area contributed by atoms with Crippen LogP contribution in [0.4, 0.5) is 5.69 Å². The van der Waals surface area contributed by atoms with Crippen molar-refractivity contribution in [3.8, 4) is 5.75 Å². The fourth-order valence-electron chi connectivity index (χ4n) is 1.82. The summed E-state index contributed by atoms with van der Waals surface area (Å²) in [4.78, 5) is 16.1. The maximum Gasteiger partial charge on any atom is 0.257 e. The van der Waals surface area contributed by atoms with Gasteiger partial charge < -0.3 is 10.1 Å². The molecule has 126 valence electrons. The van der Waals surface area contributed by atoms with Crippen molar-refractivity contribution in [2.24, 2.45) is 0 Å². The Morgan fingerprint density at radius 2 is 2.00 bits per heavy atom. The van der Waals surface area contributed by atoms with Crippen molar-refractivity contribution >= 4 is 40.5 Å². The van der Waals surface area contributed by atoms with Crippen molar-refractivity contribution in [1.29, 1.82) is 0 Å². The molecule has 0 unspecified atom stereocenters. The molecular formula is C17H18ClN3O2S. The number of halogens is 1. The number of pyridine rings is 1. The number of hydrogen-bond donors (Lipinski definition) is 2. The topological polar surface area (TPSA) is 63.2 Å². The molecule has 0 spiro atoms. The first kappa shape index (κ1) is 18.2. The lowest BCUT2D eigenvalue weighted by Gasteiger charge is -2.10. The van der Waals surface area contributed by atoms with E-state index in [9.17, 15) is 4.79 Å². The van der Waals surface area contributed by atoms with Gasteiger partial charge in [0.25, 0.3) is 5.91 Å². The molecule has 1 heterocycles. The molecule has 0 radical (unpaired) electrons. The minimum absolute atomic E-state index is 0.187. The minimum Gasteiger partial charge on any atom is -0.494 e. The molecule has 0 aliphatic heterocycles. The van der Waals surface area contributed by atoms with E-state index in [1.165, 1.54) is 6.20 Å². The van der Waals surface area contributed by atoms with Gasteiger partial charge in [-0.3, -0.25) is 10.1 Å². The zero-order valence-corrected chi connectivity index (χ0v) is 14.8. The van der Waals surface area contributed by atoms with E-state index in [0.717, 1.165) is 18.6 Å². The van der Waals surface area contributed by atoms with Crippen LogP contribution in [0.1, 0.15) is 30.1 Å². The predicted octanol–water partition coefficient (Wildman–Crippen LogP) is 4.04. The zero-order chi connectivity index (χ0) is 17.4. The second-order valence-corrected chi connectivity index (χ2v) is 5.80. The summed E-state index contributed by atoms with van der Waals surface area (Å²) >= 11 is 10.8. The van der Waals surface area contributed by atoms with Crippen molar-refractivity contribution in [3.63, 3.8) is 0 Å². The standard InChI is InChI=1S/C17H18ClN3O2S/c1-2-3-10-23-14-7-4-12(5-8-14)16(22)21-17(24)20-13-6-9-15(18)19-11-13/h4-9,11H,2-3,10H2,1H3,(H2,20,21,22,24). The maximum absolute atomic E-state index is 12.2. The Hall–Kier alpha value is -2.18. The second kappa shape index (κ2) is 9.20. The van der Waals surface area contributed by atoms with E-state index in [2.05, 4.69) is 22.5 Å². The number of nitrogens with one attached hydrogen (secondary N) is 2. The van der Waals surface area contributed by atoms with Crippen molar-refractivity contribution in [2.45, 2.75) is 19.8 Å². The SMILES string of the molecule is CCCCOc1ccc(C(=O)NC(=S)Nc2ccc(Cl)nc2)cc1. The average Bonchev–Trinajstić information content (AvgIpc) is 2.58. The van der Waals surface area contributed by atoms with Crippen LogP contribution in [0.25, 0.3) is 0 Å². The van der Waals surface area contributed by atoms with E-state index in [-0.39, 0.29) is 11.0 Å². The highest BCUT2D eigenvalue weighted by Gasteiger charge is 2.08. The van der Waals surface area contributed by atoms with E-state index in [0.29, 0.717) is 23.0 Å². The van der Waals surface area contributed by atoms with Gasteiger partial charge in [-0.1, -0.05) is 24.9 Å². The van der Waals surface area contributed by atoms with Crippen LogP contribution in [-0.4, -0.2) is 22.6 Å². The molecular weight excluding hydrogens is 346 g/mol. The summed E-state index contributed by atoms with van der Waals surface area (Å²) in [5, 5.41) is 6.05. The molecule has 0 saturated carbocycles. The molecule has 7 heteroatoms. The highest BCUT2D eigenvalue weighted by molar-refractivity contribution is 7.80. The number of benzene rings is 1. The third kappa shape index (κ3) is 5.79. The Kier molecular flexibility index (Phi) is 6.96. The summed E-state index contributed by atoms with van der Waals surface area (Å²) in [6.45, 7) is 2.78. The van der Waals surface area contributed by atoms with E-state index in [1.54, 1.807) is 36.4 Å². The highest BCUT2D eigenvalue weighted by atomic mass is 35.5. The Morgan fingerprint density at radius 1 is 1.25 bits per heavy atom. The summed E-state index contributed by atoms with van der Waals surface area (Å²) in [6, 6.07) is 10.3. The van der Waals surface area contributed by atoms with E-state index < -0.39 is 0 Å². The second-order valence-electron chi connectivity index (χ2n) is 5.00. The lowest BCUT2D eigenvalue weighted by Crippen LogP contribution is -2.34. The molecule has 0 atom stereocenters. The molecule has 1 aromatic carbocycles. The molecule has 0 aliphatic carbocycles. The van der Waals surface area contributed by atoms with Crippen molar-refractivity contribution in [1.82, 2.24) is 10.3 Å². The molecule has 0 aliphatic rings. The van der Waals surface area contributed by atoms with Crippen LogP contribution in [0.15, 0.2) is 42.6 Å². The summed E-state index contributed by atoms with van der Waals surface area (Å²) in [5.41, 5.74) is 1.14. The number of unbranched alkanes of at least 4 members (excludes halogenated alkanes) is 1. The van der Waals surface area contributed by atoms with Crippen LogP contribution in [0.3, 0.4) is 0 Å². The lowest BCUT2D eigenvalue weighted by atomic mass is 10.2. The van der Waals surface area contributed by atoms with Crippen molar-refractivity contribution in [2.75, 3.05) is 11.9 Å². The summed E-state index contributed by atoms with van der Waals surface area (Å²) in [7, 11) is 0. The molecule has 2 aromatic rings. The van der Waals surface area contributed by atoms with Crippen molar-refractivity contribution < 1.29 is 9.53 Å². The molecule has 1 amide bonds. The number of thiocarbonyl (C=S) groups is 1. The van der Waals surface area contributed by atoms with Gasteiger partial charge in [-0.15, -0.1) is 0 Å². The number of anilines is 1. The monoisotopic (exact) mass is 363 g/mol. The molecule has 2 rings (SSSR count). The van der Waals surface area contributed by atoms with Gasteiger partial charge >= 0.3 is 0 Å². The zero-order valence-electron chi connectivity index (χ0n) is 13.2. The van der Waals surface area contributed by atoms with Gasteiger partial charge in [0.2, 0.25) is 0 Å². The Labute approximate surface area is 151 Å². The first-order valence-electron chi connectivity index (χ1n) is 7.55. The third-order valence-electron chi connectivity index (χ3n) is 3.10. The van der Waals surface area contributed by atoms with Gasteiger partial charge in [0.05, 0.1) is 18.5 Å². The van der Waals surface area contributed by atoms with Gasteiger partial charge in [-0.2, -0.15) is 0 Å². The Bertz CT molecular complexity index is 690. The largest absolute Gasteiger partial charge is 0.494 e. The summed E-state index contributed by atoms with van der Waals surface area (Å²) in [6.07, 6.45) is 3.61. The van der Waals surface area contributed by atoms with Gasteiger partial charge in [0.15, 0.2) is 5.11 Å². The third-order valence-corrected chi connectivity index (χ3v) is 3.52. The van der Waals surface area contributed by atoms with Crippen LogP contribution >= 0.6 is 23.8 Å². The molecule has 0 saturated heterocycles. The number of hydrogen-bond acceptors (Lipinski definition) is 4. The number of rotatable bonds is 6. The number of ether oxygens (including phenoxy) is 1. The van der Waals surface area contributed by atoms with E-state index >= 15 is 0 Å². The maximum atomic E-state index is 12.2. The molecule has 24 heavy (non-hydrogen) atoms. The van der Waals surface area contributed by atoms with Gasteiger partial charge in [0.1, 0.15) is 10.9 Å². The van der Waals surface area contributed by atoms with Crippen molar-refractivity contribution in [3.05, 3.63) is 53.3 Å². The Morgan fingerprint density at radius 3 is 2.62 bits per heavy atom. The average molecular weight is 364 g/mol. The highest BCUT2D eigenvalue weighted by Crippen LogP contribution is 2.13. The number of amides is 1. The van der Waals surface area contributed by atoms with Crippen LogP contribution in [-0.2, 0) is 0 Å². The quantitative estimate of drug-likeness (QED) is 0.460. The predicted molar refractivity (Wildman–Crippen MR) is 99.8 cm³/mol. The van der Waals surface area contributed by atoms with Crippen LogP contribution < -0.4 is 15.4 Å². The van der Waals surface area contributed by atoms with E-state index in [4.69, 9.17) is 28.6 Å². The first-order chi connectivity index (χ1) is 11.6. The van der Waals surface area contributed by atoms with Crippen LogP contribution in [0, 0.1) is 0 Å². The first-order valence-corrected chi connectivity index (χ1v) is 8.34. The summed E-state index contributed by atoms with van der Waals surface area (Å²) in [5.74, 6) is 0.447. The normalized spacial score (nSPS) is 10.1. The smallest absolute Gasteiger partial charge is 0.257 e. The van der Waals surface area contributed by atoms with Crippen LogP contribution in [0.5, 0.6) is 5.75 Å². The molecule has 1 aromatic heterocycles. The number of nitrogens with zero attached hydrogens (tertiary/aromatic N) is 1. The van der Waals surface area contributed by atoms with Gasteiger partial charge in [-0.05, 0) is 55.0 Å². The lowest BCUT2D eigenvalue weighted by molar-refractivity contribution is 0.0977.